The predicted octanol–water partition coefficient (Wildman–Crippen LogP) is 4.01. The van der Waals surface area contributed by atoms with Crippen molar-refractivity contribution >= 4 is 17.0 Å². The lowest BCUT2D eigenvalue weighted by Crippen LogP contribution is -2.11. The average Bonchev–Trinajstić information content (AvgIpc) is 2.88. The van der Waals surface area contributed by atoms with E-state index in [2.05, 4.69) is 42.5 Å². The van der Waals surface area contributed by atoms with Crippen LogP contribution in [0.15, 0.2) is 36.7 Å². The molecule has 2 heterocycles. The normalized spacial score (nSPS) is 10.8. The molecule has 0 bridgehead atoms. The van der Waals surface area contributed by atoms with Gasteiger partial charge in [0, 0.05) is 24.4 Å². The summed E-state index contributed by atoms with van der Waals surface area (Å²) in [5.74, 6) is 5.71. The molecular weight excluding hydrogens is 304 g/mol. The molecule has 0 aliphatic rings. The third-order valence-corrected chi connectivity index (χ3v) is 5.02. The number of nitrogens with zero attached hydrogens (tertiary/aromatic N) is 2. The van der Waals surface area contributed by atoms with Crippen LogP contribution < -0.4 is 11.3 Å². The van der Waals surface area contributed by atoms with Crippen LogP contribution in [0.5, 0.6) is 0 Å². The first kappa shape index (κ1) is 15.6. The lowest BCUT2D eigenvalue weighted by atomic mass is 10.0. The van der Waals surface area contributed by atoms with Crippen molar-refractivity contribution in [3.05, 3.63) is 64.1 Å². The minimum absolute atomic E-state index is 0.772. The maximum atomic E-state index is 5.71. The maximum Gasteiger partial charge on any atom is 0.0979 e. The molecule has 118 valence electrons. The Hall–Kier alpha value is -2.24. The van der Waals surface area contributed by atoms with E-state index in [1.165, 1.54) is 16.0 Å². The third-order valence-electron chi connectivity index (χ3n) is 3.81. The van der Waals surface area contributed by atoms with E-state index >= 15 is 0 Å². The minimum atomic E-state index is 0.772. The number of pyridine rings is 1. The van der Waals surface area contributed by atoms with Crippen molar-refractivity contribution in [3.63, 3.8) is 0 Å². The number of nitrogen functional groups attached to an aromatic ring is 1. The molecule has 0 aliphatic heterocycles. The molecule has 0 radical (unpaired) electrons. The van der Waals surface area contributed by atoms with Gasteiger partial charge in [-0.1, -0.05) is 23.8 Å². The number of nitrogens with two attached hydrogens (primary N) is 1. The minimum Gasteiger partial charge on any atom is -0.324 e. The van der Waals surface area contributed by atoms with Crippen LogP contribution in [0.25, 0.3) is 10.4 Å². The molecule has 0 unspecified atom stereocenters. The van der Waals surface area contributed by atoms with E-state index in [-0.39, 0.29) is 0 Å². The molecule has 0 saturated heterocycles. The van der Waals surface area contributed by atoms with Crippen molar-refractivity contribution in [1.29, 1.82) is 0 Å². The number of hydrazine groups is 1. The van der Waals surface area contributed by atoms with E-state index in [9.17, 15) is 0 Å². The maximum absolute atomic E-state index is 5.71. The highest BCUT2D eigenvalue weighted by atomic mass is 32.1. The number of benzene rings is 1. The highest BCUT2D eigenvalue weighted by Gasteiger charge is 2.13. The predicted molar refractivity (Wildman–Crippen MR) is 96.6 cm³/mol. The van der Waals surface area contributed by atoms with E-state index in [4.69, 9.17) is 10.8 Å². The van der Waals surface area contributed by atoms with Crippen molar-refractivity contribution in [2.24, 2.45) is 5.84 Å². The van der Waals surface area contributed by atoms with Gasteiger partial charge in [-0.25, -0.2) is 4.98 Å². The van der Waals surface area contributed by atoms with Crippen LogP contribution in [0.2, 0.25) is 0 Å². The summed E-state index contributed by atoms with van der Waals surface area (Å²) in [5, 5.41) is 1.09. The van der Waals surface area contributed by atoms with E-state index in [0.29, 0.717) is 0 Å². The molecule has 1 aromatic carbocycles. The average molecular weight is 324 g/mol. The number of aromatic nitrogens is 2. The Bertz CT molecular complexity index is 825. The van der Waals surface area contributed by atoms with Gasteiger partial charge < -0.3 is 5.43 Å². The molecule has 3 aromatic rings. The third kappa shape index (κ3) is 3.25. The topological polar surface area (TPSA) is 63.8 Å². The van der Waals surface area contributed by atoms with Gasteiger partial charge in [0.05, 0.1) is 21.3 Å². The van der Waals surface area contributed by atoms with Crippen molar-refractivity contribution in [1.82, 2.24) is 9.97 Å². The van der Waals surface area contributed by atoms with Gasteiger partial charge in [-0.3, -0.25) is 10.8 Å². The summed E-state index contributed by atoms with van der Waals surface area (Å²) in [6.07, 6.45) is 4.44. The first-order chi connectivity index (χ1) is 11.1. The molecule has 0 amide bonds. The first-order valence-corrected chi connectivity index (χ1v) is 8.33. The van der Waals surface area contributed by atoms with Crippen molar-refractivity contribution in [2.45, 2.75) is 27.2 Å². The van der Waals surface area contributed by atoms with Gasteiger partial charge in [0.25, 0.3) is 0 Å². The summed E-state index contributed by atoms with van der Waals surface area (Å²) in [5.41, 5.74) is 9.55. The fraction of sp³-hybridized carbons (Fsp3) is 0.222. The smallest absolute Gasteiger partial charge is 0.0979 e. The molecule has 5 heteroatoms. The summed E-state index contributed by atoms with van der Waals surface area (Å²) < 4.78 is 0. The molecule has 0 spiro atoms. The van der Waals surface area contributed by atoms with Crippen LogP contribution in [0.4, 0.5) is 5.69 Å². The van der Waals surface area contributed by atoms with Crippen molar-refractivity contribution in [3.8, 4) is 10.4 Å². The highest BCUT2D eigenvalue weighted by Crippen LogP contribution is 2.32. The first-order valence-electron chi connectivity index (χ1n) is 7.52. The number of hydrogen-bond acceptors (Lipinski definition) is 5. The monoisotopic (exact) mass is 324 g/mol. The Labute approximate surface area is 140 Å². The van der Waals surface area contributed by atoms with Gasteiger partial charge in [0.2, 0.25) is 0 Å². The molecule has 23 heavy (non-hydrogen) atoms. The van der Waals surface area contributed by atoms with Gasteiger partial charge in [-0.2, -0.15) is 0 Å². The summed E-state index contributed by atoms with van der Waals surface area (Å²) in [6, 6.07) is 8.32. The zero-order valence-electron chi connectivity index (χ0n) is 13.6. The lowest BCUT2D eigenvalue weighted by Gasteiger charge is -2.12. The van der Waals surface area contributed by atoms with Crippen LogP contribution in [-0.4, -0.2) is 9.97 Å². The second-order valence-corrected chi connectivity index (χ2v) is 6.78. The summed E-state index contributed by atoms with van der Waals surface area (Å²) in [6.45, 7) is 6.22. The largest absolute Gasteiger partial charge is 0.324 e. The van der Waals surface area contributed by atoms with Crippen LogP contribution in [-0.2, 0) is 6.42 Å². The number of thiazole rings is 1. The van der Waals surface area contributed by atoms with E-state index in [0.717, 1.165) is 33.9 Å². The van der Waals surface area contributed by atoms with Crippen LogP contribution in [0, 0.1) is 20.8 Å². The number of rotatable bonds is 4. The number of anilines is 1. The Morgan fingerprint density at radius 2 is 2.04 bits per heavy atom. The van der Waals surface area contributed by atoms with Crippen LogP contribution in [0.3, 0.4) is 0 Å². The van der Waals surface area contributed by atoms with Crippen molar-refractivity contribution in [2.75, 3.05) is 5.43 Å². The van der Waals surface area contributed by atoms with Gasteiger partial charge in [-0.05, 0) is 38.0 Å². The Morgan fingerprint density at radius 1 is 1.22 bits per heavy atom. The highest BCUT2D eigenvalue weighted by molar-refractivity contribution is 7.15. The molecule has 3 N–H and O–H groups in total. The molecular formula is C18H20N4S. The van der Waals surface area contributed by atoms with E-state index < -0.39 is 0 Å². The fourth-order valence-corrected chi connectivity index (χ4v) is 3.94. The number of aryl methyl sites for hydroxylation is 3. The molecule has 3 rings (SSSR count). The van der Waals surface area contributed by atoms with Crippen molar-refractivity contribution < 1.29 is 0 Å². The second kappa shape index (κ2) is 6.48. The summed E-state index contributed by atoms with van der Waals surface area (Å²) in [7, 11) is 0. The number of nitrogens with one attached hydrogen (secondary N) is 1. The second-order valence-electron chi connectivity index (χ2n) is 5.70. The van der Waals surface area contributed by atoms with Gasteiger partial charge in [0.15, 0.2) is 0 Å². The zero-order chi connectivity index (χ0) is 16.4. The van der Waals surface area contributed by atoms with E-state index in [1.807, 2.05) is 19.2 Å². The Kier molecular flexibility index (Phi) is 4.41. The fourth-order valence-electron chi connectivity index (χ4n) is 2.86. The zero-order valence-corrected chi connectivity index (χ0v) is 14.4. The summed E-state index contributed by atoms with van der Waals surface area (Å²) >= 11 is 1.72. The van der Waals surface area contributed by atoms with Crippen LogP contribution >= 0.6 is 11.3 Å². The molecule has 2 aromatic heterocycles. The van der Waals surface area contributed by atoms with Gasteiger partial charge in [0.1, 0.15) is 0 Å². The standard InChI is InChI=1S/C18H20N4S/c1-11-7-12(2)17(22-19)15(8-11)9-16-21-13(3)18(23-16)14-5-4-6-20-10-14/h4-8,10,22H,9,19H2,1-3H3. The van der Waals surface area contributed by atoms with E-state index in [1.54, 1.807) is 17.5 Å². The summed E-state index contributed by atoms with van der Waals surface area (Å²) in [4.78, 5) is 10.1. The molecule has 0 atom stereocenters. The SMILES string of the molecule is Cc1cc(C)c(NN)c(Cc2nc(C)c(-c3cccnc3)s2)c1. The van der Waals surface area contributed by atoms with Gasteiger partial charge >= 0.3 is 0 Å². The Balaban J connectivity index is 1.96. The quantitative estimate of drug-likeness (QED) is 0.562. The molecule has 4 nitrogen and oxygen atoms in total. The number of hydrogen-bond donors (Lipinski definition) is 2. The lowest BCUT2D eigenvalue weighted by molar-refractivity contribution is 1.09. The molecule has 0 fully saturated rings. The molecule has 0 saturated carbocycles. The Morgan fingerprint density at radius 3 is 2.74 bits per heavy atom. The molecule has 0 aliphatic carbocycles. The van der Waals surface area contributed by atoms with Crippen LogP contribution in [0.1, 0.15) is 27.4 Å². The van der Waals surface area contributed by atoms with Gasteiger partial charge in [-0.15, -0.1) is 11.3 Å².